The molecule has 2 aromatic carbocycles. The third-order valence-electron chi connectivity index (χ3n) is 4.20. The maximum atomic E-state index is 4.59. The van der Waals surface area contributed by atoms with Crippen LogP contribution in [0.1, 0.15) is 31.9 Å². The molecule has 0 aliphatic heterocycles. The zero-order valence-corrected chi connectivity index (χ0v) is 15.7. The minimum atomic E-state index is 0.0507. The summed E-state index contributed by atoms with van der Waals surface area (Å²) in [4.78, 5) is 8.95. The van der Waals surface area contributed by atoms with E-state index in [1.54, 1.807) is 6.20 Å². The van der Waals surface area contributed by atoms with Crippen LogP contribution in [-0.4, -0.2) is 16.5 Å². The van der Waals surface area contributed by atoms with Crippen LogP contribution in [-0.2, 0) is 11.8 Å². The molecule has 3 rings (SSSR count). The number of anilines is 3. The lowest BCUT2D eigenvalue weighted by Crippen LogP contribution is -2.14. The molecule has 0 aliphatic rings. The van der Waals surface area contributed by atoms with Gasteiger partial charge in [-0.15, -0.1) is 0 Å². The third-order valence-corrected chi connectivity index (χ3v) is 4.20. The molecule has 0 aliphatic carbocycles. The van der Waals surface area contributed by atoms with Gasteiger partial charge in [0.25, 0.3) is 0 Å². The van der Waals surface area contributed by atoms with Crippen LogP contribution in [0.4, 0.5) is 17.5 Å². The van der Waals surface area contributed by atoms with E-state index in [0.717, 1.165) is 24.5 Å². The Morgan fingerprint density at radius 3 is 2.38 bits per heavy atom. The highest BCUT2D eigenvalue weighted by molar-refractivity contribution is 5.61. The Morgan fingerprint density at radius 1 is 0.885 bits per heavy atom. The van der Waals surface area contributed by atoms with Gasteiger partial charge in [0, 0.05) is 18.4 Å². The second-order valence-corrected chi connectivity index (χ2v) is 7.35. The normalized spacial score (nSPS) is 11.2. The van der Waals surface area contributed by atoms with Crippen LogP contribution in [0, 0.1) is 0 Å². The standard InChI is InChI=1S/C22H26N4/c1-22(2,3)18-11-7-8-12-19(18)25-21-24-16-14-20(26-21)23-15-13-17-9-5-4-6-10-17/h4-12,14,16H,13,15H2,1-3H3,(H2,23,24,25,26). The molecule has 0 radical (unpaired) electrons. The lowest BCUT2D eigenvalue weighted by molar-refractivity contribution is 0.592. The maximum Gasteiger partial charge on any atom is 0.229 e. The van der Waals surface area contributed by atoms with E-state index < -0.39 is 0 Å². The highest BCUT2D eigenvalue weighted by Gasteiger charge is 2.17. The number of rotatable bonds is 6. The zero-order chi connectivity index (χ0) is 18.4. The second-order valence-electron chi connectivity index (χ2n) is 7.35. The molecule has 0 atom stereocenters. The summed E-state index contributed by atoms with van der Waals surface area (Å²) in [5.74, 6) is 1.43. The first-order chi connectivity index (χ1) is 12.5. The van der Waals surface area contributed by atoms with Crippen molar-refractivity contribution in [2.24, 2.45) is 0 Å². The van der Waals surface area contributed by atoms with Gasteiger partial charge >= 0.3 is 0 Å². The van der Waals surface area contributed by atoms with Gasteiger partial charge in [0.05, 0.1) is 0 Å². The Balaban J connectivity index is 1.67. The number of para-hydroxylation sites is 1. The molecule has 1 aromatic heterocycles. The molecule has 0 saturated carbocycles. The fourth-order valence-corrected chi connectivity index (χ4v) is 2.86. The van der Waals surface area contributed by atoms with Crippen LogP contribution in [0.3, 0.4) is 0 Å². The van der Waals surface area contributed by atoms with E-state index in [2.05, 4.69) is 83.8 Å². The van der Waals surface area contributed by atoms with Crippen molar-refractivity contribution in [1.82, 2.24) is 9.97 Å². The molecule has 4 heteroatoms. The van der Waals surface area contributed by atoms with Gasteiger partial charge in [-0.3, -0.25) is 0 Å². The summed E-state index contributed by atoms with van der Waals surface area (Å²) >= 11 is 0. The van der Waals surface area contributed by atoms with E-state index in [0.29, 0.717) is 5.95 Å². The van der Waals surface area contributed by atoms with Crippen molar-refractivity contribution in [3.63, 3.8) is 0 Å². The number of benzene rings is 2. The van der Waals surface area contributed by atoms with Crippen molar-refractivity contribution in [1.29, 1.82) is 0 Å². The van der Waals surface area contributed by atoms with E-state index in [-0.39, 0.29) is 5.41 Å². The van der Waals surface area contributed by atoms with Gasteiger partial charge in [0.2, 0.25) is 5.95 Å². The van der Waals surface area contributed by atoms with E-state index in [9.17, 15) is 0 Å². The van der Waals surface area contributed by atoms with Crippen molar-refractivity contribution in [2.45, 2.75) is 32.6 Å². The van der Waals surface area contributed by atoms with E-state index in [4.69, 9.17) is 0 Å². The number of hydrogen-bond donors (Lipinski definition) is 2. The monoisotopic (exact) mass is 346 g/mol. The molecule has 0 fully saturated rings. The smallest absolute Gasteiger partial charge is 0.229 e. The van der Waals surface area contributed by atoms with Crippen LogP contribution >= 0.6 is 0 Å². The molecule has 4 nitrogen and oxygen atoms in total. The van der Waals surface area contributed by atoms with Crippen LogP contribution in [0.25, 0.3) is 0 Å². The maximum absolute atomic E-state index is 4.59. The van der Waals surface area contributed by atoms with E-state index >= 15 is 0 Å². The first-order valence-corrected chi connectivity index (χ1v) is 9.00. The fraction of sp³-hybridized carbons (Fsp3) is 0.273. The quantitative estimate of drug-likeness (QED) is 0.646. The minimum absolute atomic E-state index is 0.0507. The van der Waals surface area contributed by atoms with Crippen LogP contribution in [0.5, 0.6) is 0 Å². The fourth-order valence-electron chi connectivity index (χ4n) is 2.86. The number of aromatic nitrogens is 2. The number of nitrogens with zero attached hydrogens (tertiary/aromatic N) is 2. The van der Waals surface area contributed by atoms with E-state index in [1.807, 2.05) is 18.2 Å². The molecule has 0 bridgehead atoms. The number of nitrogens with one attached hydrogen (secondary N) is 2. The second kappa shape index (κ2) is 8.00. The first-order valence-electron chi connectivity index (χ1n) is 9.00. The Labute approximate surface area is 155 Å². The van der Waals surface area contributed by atoms with Crippen LogP contribution < -0.4 is 10.6 Å². The molecule has 0 spiro atoms. The lowest BCUT2D eigenvalue weighted by Gasteiger charge is -2.23. The first kappa shape index (κ1) is 17.9. The third kappa shape index (κ3) is 4.82. The van der Waals surface area contributed by atoms with Crippen molar-refractivity contribution in [3.8, 4) is 0 Å². The molecule has 0 saturated heterocycles. The highest BCUT2D eigenvalue weighted by atomic mass is 15.1. The van der Waals surface area contributed by atoms with Gasteiger partial charge in [-0.2, -0.15) is 4.98 Å². The minimum Gasteiger partial charge on any atom is -0.370 e. The topological polar surface area (TPSA) is 49.8 Å². The molecule has 0 amide bonds. The summed E-state index contributed by atoms with van der Waals surface area (Å²) in [5.41, 5.74) is 3.65. The summed E-state index contributed by atoms with van der Waals surface area (Å²) < 4.78 is 0. The molecule has 0 unspecified atom stereocenters. The predicted molar refractivity (Wildman–Crippen MR) is 109 cm³/mol. The largest absolute Gasteiger partial charge is 0.370 e. The van der Waals surface area contributed by atoms with Crippen molar-refractivity contribution < 1.29 is 0 Å². The van der Waals surface area contributed by atoms with Crippen molar-refractivity contribution in [2.75, 3.05) is 17.2 Å². The molecular weight excluding hydrogens is 320 g/mol. The van der Waals surface area contributed by atoms with Gasteiger partial charge in [-0.25, -0.2) is 4.98 Å². The molecule has 1 heterocycles. The Hall–Kier alpha value is -2.88. The number of hydrogen-bond acceptors (Lipinski definition) is 4. The van der Waals surface area contributed by atoms with E-state index in [1.165, 1.54) is 11.1 Å². The Bertz CT molecular complexity index is 838. The molecule has 26 heavy (non-hydrogen) atoms. The summed E-state index contributed by atoms with van der Waals surface area (Å²) in [6, 6.07) is 20.6. The van der Waals surface area contributed by atoms with Crippen LogP contribution in [0.15, 0.2) is 66.9 Å². The van der Waals surface area contributed by atoms with Crippen molar-refractivity contribution >= 4 is 17.5 Å². The van der Waals surface area contributed by atoms with Crippen molar-refractivity contribution in [3.05, 3.63) is 78.0 Å². The van der Waals surface area contributed by atoms with Gasteiger partial charge in [-0.05, 0) is 35.1 Å². The molecule has 2 N–H and O–H groups in total. The Morgan fingerprint density at radius 2 is 1.62 bits per heavy atom. The average molecular weight is 346 g/mol. The van der Waals surface area contributed by atoms with Gasteiger partial charge in [-0.1, -0.05) is 69.3 Å². The predicted octanol–water partition coefficient (Wildman–Crippen LogP) is 5.17. The lowest BCUT2D eigenvalue weighted by atomic mass is 9.86. The van der Waals surface area contributed by atoms with Crippen LogP contribution in [0.2, 0.25) is 0 Å². The molecular formula is C22H26N4. The average Bonchev–Trinajstić information content (AvgIpc) is 2.63. The Kier molecular flexibility index (Phi) is 5.52. The SMILES string of the molecule is CC(C)(C)c1ccccc1Nc1nccc(NCCc2ccccc2)n1. The van der Waals surface area contributed by atoms with Gasteiger partial charge in [0.15, 0.2) is 0 Å². The van der Waals surface area contributed by atoms with Gasteiger partial charge < -0.3 is 10.6 Å². The molecule has 134 valence electrons. The summed E-state index contributed by atoms with van der Waals surface area (Å²) in [6.07, 6.45) is 2.74. The summed E-state index contributed by atoms with van der Waals surface area (Å²) in [7, 11) is 0. The summed E-state index contributed by atoms with van der Waals surface area (Å²) in [6.45, 7) is 7.45. The zero-order valence-electron chi connectivity index (χ0n) is 15.7. The summed E-state index contributed by atoms with van der Waals surface area (Å²) in [5, 5.41) is 6.74. The molecule has 3 aromatic rings. The highest BCUT2D eigenvalue weighted by Crippen LogP contribution is 2.30. The van der Waals surface area contributed by atoms with Gasteiger partial charge in [0.1, 0.15) is 5.82 Å².